The van der Waals surface area contributed by atoms with Gasteiger partial charge in [0.1, 0.15) is 0 Å². The molecular weight excluding hydrogens is 175 g/mol. The van der Waals surface area contributed by atoms with Crippen LogP contribution >= 0.6 is 0 Å². The van der Waals surface area contributed by atoms with E-state index in [1.807, 2.05) is 0 Å². The van der Waals surface area contributed by atoms with Crippen LogP contribution in [-0.2, 0) is 0 Å². The fourth-order valence-corrected chi connectivity index (χ4v) is 0.861. The summed E-state index contributed by atoms with van der Waals surface area (Å²) in [6.45, 7) is 2.21. The second-order valence-corrected chi connectivity index (χ2v) is 2.83. The molecule has 74 valence electrons. The van der Waals surface area contributed by atoms with Gasteiger partial charge in [-0.05, 0) is 6.07 Å². The fraction of sp³-hybridized carbons (Fsp3) is 0.500. The van der Waals surface area contributed by atoms with Crippen LogP contribution in [0.15, 0.2) is 16.5 Å². The molecule has 0 radical (unpaired) electrons. The molecular formula is C10H15LiO3. The molecule has 1 aromatic rings. The Kier molecular flexibility index (Phi) is 8.51. The molecule has 3 nitrogen and oxygen atoms in total. The van der Waals surface area contributed by atoms with Crippen molar-refractivity contribution >= 4 is 24.0 Å². The third-order valence-electron chi connectivity index (χ3n) is 1.63. The average Bonchev–Trinajstić information content (AvgIpc) is 2.67. The summed E-state index contributed by atoms with van der Waals surface area (Å²) in [5, 5.41) is 1.34. The molecule has 1 heterocycles. The molecule has 0 saturated carbocycles. The van der Waals surface area contributed by atoms with Crippen LogP contribution in [0.3, 0.4) is 0 Å². The van der Waals surface area contributed by atoms with Crippen molar-refractivity contribution in [3.05, 3.63) is 17.9 Å². The van der Waals surface area contributed by atoms with Crippen molar-refractivity contribution in [2.75, 3.05) is 7.11 Å². The molecule has 0 unspecified atom stereocenters. The maximum absolute atomic E-state index is 9.99. The predicted molar refractivity (Wildman–Crippen MR) is 56.1 cm³/mol. The van der Waals surface area contributed by atoms with Crippen LogP contribution in [0, 0.1) is 0 Å². The standard InChI is InChI=1S/C6H6O3.C4H9.Li/c1-8-6-3-2-5(4-7)9-6;1-3-4-2;/h2-4H,1H3;1,3-4H2,2H3;. The summed E-state index contributed by atoms with van der Waals surface area (Å²) >= 11 is 2.21. The van der Waals surface area contributed by atoms with E-state index in [0.29, 0.717) is 12.2 Å². The van der Waals surface area contributed by atoms with Gasteiger partial charge in [0.05, 0.1) is 7.11 Å². The van der Waals surface area contributed by atoms with E-state index < -0.39 is 0 Å². The van der Waals surface area contributed by atoms with Gasteiger partial charge in [-0.2, -0.15) is 0 Å². The Morgan fingerprint density at radius 3 is 2.50 bits per heavy atom. The number of carbonyl (C=O) groups is 1. The minimum absolute atomic E-state index is 0.284. The van der Waals surface area contributed by atoms with Crippen LogP contribution in [-0.4, -0.2) is 31.1 Å². The van der Waals surface area contributed by atoms with Crippen molar-refractivity contribution in [1.29, 1.82) is 0 Å². The summed E-state index contributed by atoms with van der Waals surface area (Å²) in [5.74, 6) is 0.643. The Balaban J connectivity index is 0.000000292. The molecule has 0 aromatic carbocycles. The molecule has 0 N–H and O–H groups in total. The van der Waals surface area contributed by atoms with E-state index >= 15 is 0 Å². The SMILES string of the molecule is COc1ccc(C=O)o1.[Li][CH2]CCC. The number of furan rings is 1. The Bertz CT molecular complexity index is 243. The van der Waals surface area contributed by atoms with Crippen LogP contribution in [0.2, 0.25) is 5.09 Å². The number of ether oxygens (including phenoxy) is 1. The van der Waals surface area contributed by atoms with E-state index in [4.69, 9.17) is 4.42 Å². The zero-order chi connectivity index (χ0) is 10.8. The van der Waals surface area contributed by atoms with Crippen LogP contribution in [0.1, 0.15) is 30.3 Å². The number of carbonyl (C=O) groups excluding carboxylic acids is 1. The molecule has 0 aliphatic carbocycles. The third kappa shape index (κ3) is 5.90. The number of rotatable bonds is 4. The molecule has 0 fully saturated rings. The van der Waals surface area contributed by atoms with Crippen molar-refractivity contribution in [2.45, 2.75) is 24.9 Å². The molecule has 1 rings (SSSR count). The predicted octanol–water partition coefficient (Wildman–Crippen LogP) is 2.47. The molecule has 0 aliphatic rings. The normalized spacial score (nSPS) is 8.86. The minimum atomic E-state index is 0.284. The van der Waals surface area contributed by atoms with Crippen molar-refractivity contribution in [3.63, 3.8) is 0 Å². The molecule has 0 spiro atoms. The quantitative estimate of drug-likeness (QED) is 0.540. The molecule has 0 saturated heterocycles. The van der Waals surface area contributed by atoms with Crippen LogP contribution < -0.4 is 4.74 Å². The summed E-state index contributed by atoms with van der Waals surface area (Å²) in [4.78, 5) is 9.99. The van der Waals surface area contributed by atoms with Crippen molar-refractivity contribution < 1.29 is 13.9 Å². The van der Waals surface area contributed by atoms with Crippen molar-refractivity contribution in [1.82, 2.24) is 0 Å². The van der Waals surface area contributed by atoms with E-state index in [1.165, 1.54) is 25.0 Å². The molecule has 0 amide bonds. The van der Waals surface area contributed by atoms with Gasteiger partial charge in [0.2, 0.25) is 0 Å². The van der Waals surface area contributed by atoms with Gasteiger partial charge in [0, 0.05) is 6.07 Å². The maximum atomic E-state index is 9.99. The topological polar surface area (TPSA) is 39.4 Å². The fourth-order valence-electron chi connectivity index (χ4n) is 0.861. The van der Waals surface area contributed by atoms with E-state index in [2.05, 4.69) is 29.4 Å². The van der Waals surface area contributed by atoms with E-state index in [0.717, 1.165) is 0 Å². The van der Waals surface area contributed by atoms with E-state index in [-0.39, 0.29) is 5.76 Å². The first-order chi connectivity index (χ1) is 6.78. The Morgan fingerprint density at radius 2 is 2.29 bits per heavy atom. The van der Waals surface area contributed by atoms with Gasteiger partial charge in [-0.25, -0.2) is 0 Å². The van der Waals surface area contributed by atoms with Gasteiger partial charge in [0.15, 0.2) is 12.0 Å². The Morgan fingerprint density at radius 1 is 1.57 bits per heavy atom. The second-order valence-electron chi connectivity index (χ2n) is 2.83. The zero-order valence-corrected chi connectivity index (χ0v) is 9.08. The molecule has 1 aromatic heterocycles. The van der Waals surface area contributed by atoms with Crippen molar-refractivity contribution in [3.8, 4) is 5.95 Å². The van der Waals surface area contributed by atoms with Gasteiger partial charge >= 0.3 is 42.6 Å². The van der Waals surface area contributed by atoms with Crippen molar-refractivity contribution in [2.24, 2.45) is 0 Å². The monoisotopic (exact) mass is 190 g/mol. The molecule has 14 heavy (non-hydrogen) atoms. The third-order valence-corrected chi connectivity index (χ3v) is 1.63. The van der Waals surface area contributed by atoms with Crippen LogP contribution in [0.5, 0.6) is 5.95 Å². The number of methoxy groups -OCH3 is 1. The first-order valence-electron chi connectivity index (χ1n) is 4.87. The first-order valence-corrected chi connectivity index (χ1v) is 4.87. The number of unbranched alkanes of at least 4 members (excludes halogenated alkanes) is 1. The Hall–Kier alpha value is -0.653. The van der Waals surface area contributed by atoms with Crippen LogP contribution in [0.25, 0.3) is 0 Å². The van der Waals surface area contributed by atoms with Gasteiger partial charge in [0.25, 0.3) is 5.95 Å². The van der Waals surface area contributed by atoms with Gasteiger partial charge in [-0.1, -0.05) is 0 Å². The number of aldehydes is 1. The number of hydrogen-bond donors (Lipinski definition) is 0. The first kappa shape index (κ1) is 13.3. The molecule has 0 atom stereocenters. The summed E-state index contributed by atoms with van der Waals surface area (Å²) in [5.41, 5.74) is 0. The van der Waals surface area contributed by atoms with Gasteiger partial charge in [-0.15, -0.1) is 0 Å². The van der Waals surface area contributed by atoms with Crippen LogP contribution in [0.4, 0.5) is 0 Å². The summed E-state index contributed by atoms with van der Waals surface area (Å²) in [7, 11) is 1.48. The summed E-state index contributed by atoms with van der Waals surface area (Å²) < 4.78 is 9.46. The molecule has 0 aliphatic heterocycles. The number of hydrogen-bond acceptors (Lipinski definition) is 3. The Labute approximate surface area is 94.0 Å². The summed E-state index contributed by atoms with van der Waals surface area (Å²) in [6, 6.07) is 3.13. The van der Waals surface area contributed by atoms with Gasteiger partial charge < -0.3 is 9.15 Å². The van der Waals surface area contributed by atoms with E-state index in [1.54, 1.807) is 12.1 Å². The average molecular weight is 190 g/mol. The van der Waals surface area contributed by atoms with Gasteiger partial charge in [-0.3, -0.25) is 4.79 Å². The second kappa shape index (κ2) is 8.92. The zero-order valence-electron chi connectivity index (χ0n) is 9.08. The summed E-state index contributed by atoms with van der Waals surface area (Å²) in [6.07, 6.45) is 3.36. The molecule has 0 bridgehead atoms. The van der Waals surface area contributed by atoms with E-state index in [9.17, 15) is 4.79 Å². The molecule has 4 heteroatoms.